The maximum absolute atomic E-state index is 10.4. The van der Waals surface area contributed by atoms with Crippen molar-refractivity contribution in [3.05, 3.63) is 17.8 Å². The molecule has 157 valence electrons. The van der Waals surface area contributed by atoms with Crippen LogP contribution >= 0.6 is 0 Å². The van der Waals surface area contributed by atoms with Gasteiger partial charge in [0, 0.05) is 17.3 Å². The fourth-order valence-electron chi connectivity index (χ4n) is 1.65. The molecule has 3 N–H and O–H groups in total. The van der Waals surface area contributed by atoms with Crippen LogP contribution in [0.15, 0.2) is 0 Å². The molecular formula is C18H27O9Zr. The summed E-state index contributed by atoms with van der Waals surface area (Å²) < 4.78 is 0. The van der Waals surface area contributed by atoms with Crippen LogP contribution in [-0.4, -0.2) is 50.6 Å². The molecule has 0 aromatic heterocycles. The van der Waals surface area contributed by atoms with Crippen molar-refractivity contribution in [3.63, 3.8) is 0 Å². The van der Waals surface area contributed by atoms with E-state index in [9.17, 15) is 28.8 Å². The average Bonchev–Trinajstić information content (AvgIpc) is 2.47. The number of Topliss-reactive ketones (excluding diaryl/α,β-unsaturated/α-hetero) is 3. The smallest absolute Gasteiger partial charge is 0.503 e. The van der Waals surface area contributed by atoms with E-state index in [-0.39, 0.29) is 61.3 Å². The molecule has 0 rings (SSSR count). The molecule has 1 radical (unpaired) electrons. The first-order valence-corrected chi connectivity index (χ1v) is 8.08. The molecular weight excluding hydrogens is 451 g/mol. The van der Waals surface area contributed by atoms with E-state index in [1.807, 2.05) is 0 Å². The number of rotatable bonds is 9. The largest absolute Gasteiger partial charge is 3.00 e. The third kappa shape index (κ3) is 16.1. The summed E-state index contributed by atoms with van der Waals surface area (Å²) in [6.45, 7) is 8.70. The molecule has 0 unspecified atom stereocenters. The van der Waals surface area contributed by atoms with Crippen molar-refractivity contribution in [2.75, 3.05) is 0 Å². The van der Waals surface area contributed by atoms with Gasteiger partial charge in [-0.05, 0) is 20.8 Å². The van der Waals surface area contributed by atoms with E-state index in [0.717, 1.165) is 0 Å². The molecule has 10 heteroatoms. The zero-order chi connectivity index (χ0) is 22.3. The minimum Gasteiger partial charge on any atom is -0.503 e. The standard InChI is InChI=1S/3C6H9O3.Zr/c3*1-3-5(4(2)7)6(8)9;/h3*3H2,1-2H3,(H,8,9);/q3*-1;+3. The number of aliphatic carboxylic acids is 3. The van der Waals surface area contributed by atoms with E-state index < -0.39 is 17.9 Å². The minimum absolute atomic E-state index is 0. The molecule has 0 aromatic rings. The molecule has 0 saturated heterocycles. The second-order valence-electron chi connectivity index (χ2n) is 5.08. The van der Waals surface area contributed by atoms with Crippen LogP contribution in [0.1, 0.15) is 60.8 Å². The van der Waals surface area contributed by atoms with Crippen molar-refractivity contribution in [2.24, 2.45) is 0 Å². The number of carbonyl (C=O) groups excluding carboxylic acids is 3. The molecule has 0 fully saturated rings. The Kier molecular flexibility index (Phi) is 21.9. The van der Waals surface area contributed by atoms with Gasteiger partial charge in [-0.2, -0.15) is 19.3 Å². The predicted molar refractivity (Wildman–Crippen MR) is 95.6 cm³/mol. The van der Waals surface area contributed by atoms with Gasteiger partial charge in [-0.1, -0.05) is 20.8 Å². The van der Waals surface area contributed by atoms with Gasteiger partial charge < -0.3 is 29.7 Å². The van der Waals surface area contributed by atoms with E-state index in [1.54, 1.807) is 20.8 Å². The van der Waals surface area contributed by atoms with Crippen molar-refractivity contribution in [1.82, 2.24) is 0 Å². The number of carbonyl (C=O) groups is 6. The van der Waals surface area contributed by atoms with Crippen LogP contribution in [-0.2, 0) is 55.0 Å². The summed E-state index contributed by atoms with van der Waals surface area (Å²) in [5.41, 5.74) is 0. The number of hydrogen-bond donors (Lipinski definition) is 3. The summed E-state index contributed by atoms with van der Waals surface area (Å²) in [5.74, 6) is -4.49. The summed E-state index contributed by atoms with van der Waals surface area (Å²) in [5, 5.41) is 24.9. The van der Waals surface area contributed by atoms with Gasteiger partial charge in [0.05, 0.1) is 0 Å². The molecule has 0 saturated carbocycles. The Morgan fingerprint density at radius 3 is 0.679 bits per heavy atom. The topological polar surface area (TPSA) is 163 Å². The molecule has 0 bridgehead atoms. The Morgan fingerprint density at radius 1 is 0.536 bits per heavy atom. The van der Waals surface area contributed by atoms with Gasteiger partial charge in [-0.25, -0.2) is 17.8 Å². The van der Waals surface area contributed by atoms with Gasteiger partial charge in [-0.15, -0.1) is 0 Å². The van der Waals surface area contributed by atoms with Crippen LogP contribution in [0, 0.1) is 17.8 Å². The molecule has 0 aromatic carbocycles. The van der Waals surface area contributed by atoms with Crippen molar-refractivity contribution in [3.8, 4) is 0 Å². The molecule has 0 aliphatic rings. The summed E-state index contributed by atoms with van der Waals surface area (Å²) in [4.78, 5) is 61.5. The monoisotopic (exact) mass is 477 g/mol. The summed E-state index contributed by atoms with van der Waals surface area (Å²) in [6.07, 6.45) is 0.889. The van der Waals surface area contributed by atoms with Crippen LogP contribution in [0.5, 0.6) is 0 Å². The van der Waals surface area contributed by atoms with Gasteiger partial charge in [0.15, 0.2) is 17.9 Å². The second-order valence-corrected chi connectivity index (χ2v) is 5.08. The first-order valence-electron chi connectivity index (χ1n) is 8.08. The second kappa shape index (κ2) is 18.3. The van der Waals surface area contributed by atoms with Crippen molar-refractivity contribution in [1.29, 1.82) is 0 Å². The van der Waals surface area contributed by atoms with E-state index >= 15 is 0 Å². The first kappa shape index (κ1) is 33.5. The quantitative estimate of drug-likeness (QED) is 0.332. The van der Waals surface area contributed by atoms with Gasteiger partial charge in [0.1, 0.15) is 0 Å². The van der Waals surface area contributed by atoms with Crippen LogP contribution in [0.25, 0.3) is 0 Å². The predicted octanol–water partition coefficient (Wildman–Crippen LogP) is 1.93. The summed E-state index contributed by atoms with van der Waals surface area (Å²) >= 11 is 0. The van der Waals surface area contributed by atoms with Crippen LogP contribution in [0.2, 0.25) is 0 Å². The van der Waals surface area contributed by atoms with Gasteiger partial charge in [-0.3, -0.25) is 14.4 Å². The number of carboxylic acids is 3. The Labute approximate surface area is 184 Å². The molecule has 0 atom stereocenters. The fraction of sp³-hybridized carbons (Fsp3) is 0.500. The van der Waals surface area contributed by atoms with Crippen LogP contribution < -0.4 is 0 Å². The Morgan fingerprint density at radius 2 is 0.679 bits per heavy atom. The van der Waals surface area contributed by atoms with Crippen molar-refractivity contribution >= 4 is 35.3 Å². The molecule has 0 aliphatic heterocycles. The van der Waals surface area contributed by atoms with E-state index in [0.29, 0.717) is 19.3 Å². The van der Waals surface area contributed by atoms with E-state index in [2.05, 4.69) is 0 Å². The van der Waals surface area contributed by atoms with Gasteiger partial charge in [0.2, 0.25) is 0 Å². The Hall–Kier alpha value is -2.09. The maximum Gasteiger partial charge on any atom is 3.00 e. The third-order valence-electron chi connectivity index (χ3n) is 3.11. The van der Waals surface area contributed by atoms with Crippen LogP contribution in [0.3, 0.4) is 0 Å². The number of hydrogen-bond acceptors (Lipinski definition) is 6. The summed E-state index contributed by atoms with van der Waals surface area (Å²) in [7, 11) is 0. The number of carboxylic acid groups (broad SMARTS) is 3. The van der Waals surface area contributed by atoms with E-state index in [4.69, 9.17) is 15.3 Å². The molecule has 0 spiro atoms. The Balaban J connectivity index is -0.000000152. The maximum atomic E-state index is 10.4. The number of ketones is 3. The molecule has 28 heavy (non-hydrogen) atoms. The third-order valence-corrected chi connectivity index (χ3v) is 3.11. The average molecular weight is 479 g/mol. The molecule has 0 heterocycles. The molecule has 0 aliphatic carbocycles. The SMILES string of the molecule is CC[C-](C(C)=O)C(=O)O.CC[C-](C(C)=O)C(=O)O.CC[C-](C(C)=O)C(=O)O.[Zr+3]. The fourth-order valence-corrected chi connectivity index (χ4v) is 1.65. The molecule has 0 amide bonds. The first-order chi connectivity index (χ1) is 12.3. The van der Waals surface area contributed by atoms with Gasteiger partial charge in [0.25, 0.3) is 0 Å². The van der Waals surface area contributed by atoms with Gasteiger partial charge >= 0.3 is 26.2 Å². The van der Waals surface area contributed by atoms with Crippen molar-refractivity contribution in [2.45, 2.75) is 60.8 Å². The van der Waals surface area contributed by atoms with E-state index in [1.165, 1.54) is 20.8 Å². The summed E-state index contributed by atoms with van der Waals surface area (Å²) in [6, 6.07) is 0. The zero-order valence-electron chi connectivity index (χ0n) is 16.9. The minimum atomic E-state index is -1.11. The zero-order valence-corrected chi connectivity index (χ0v) is 19.4. The Bertz CT molecular complexity index is 425. The molecule has 9 nitrogen and oxygen atoms in total. The van der Waals surface area contributed by atoms with Crippen LogP contribution in [0.4, 0.5) is 0 Å². The van der Waals surface area contributed by atoms with Crippen molar-refractivity contribution < 1.29 is 70.3 Å². The normalized spacial score (nSPS) is 8.36.